The third kappa shape index (κ3) is 3.09. The number of hydrogen-bond acceptors (Lipinski definition) is 4. The largest absolute Gasteiger partial charge is 0.381 e. The van der Waals surface area contributed by atoms with Crippen LogP contribution in [0.1, 0.15) is 17.3 Å². The Hall–Kier alpha value is -1.30. The lowest BCUT2D eigenvalue weighted by Gasteiger charge is -2.24. The van der Waals surface area contributed by atoms with Gasteiger partial charge in [-0.1, -0.05) is 0 Å². The molecular formula is C11H16FN3OS. The van der Waals surface area contributed by atoms with Gasteiger partial charge in [-0.25, -0.2) is 9.37 Å². The molecular weight excluding hydrogens is 241 g/mol. The summed E-state index contributed by atoms with van der Waals surface area (Å²) in [5, 5.41) is 0. The lowest BCUT2D eigenvalue weighted by molar-refractivity contribution is 0.0753. The van der Waals surface area contributed by atoms with Crippen LogP contribution in [-0.2, 0) is 0 Å². The second-order valence-electron chi connectivity index (χ2n) is 3.78. The Labute approximate surface area is 104 Å². The third-order valence-electron chi connectivity index (χ3n) is 2.54. The van der Waals surface area contributed by atoms with Crippen molar-refractivity contribution in [1.82, 2.24) is 9.88 Å². The first-order valence-electron chi connectivity index (χ1n) is 5.15. The highest BCUT2D eigenvalue weighted by Crippen LogP contribution is 2.15. The summed E-state index contributed by atoms with van der Waals surface area (Å²) in [4.78, 5) is 17.1. The number of nitrogens with two attached hydrogens (primary N) is 1. The van der Waals surface area contributed by atoms with Crippen LogP contribution in [0.4, 0.5) is 10.2 Å². The summed E-state index contributed by atoms with van der Waals surface area (Å²) in [5.41, 5.74) is 5.30. The number of halogens is 1. The predicted molar refractivity (Wildman–Crippen MR) is 68.5 cm³/mol. The average molecular weight is 257 g/mol. The summed E-state index contributed by atoms with van der Waals surface area (Å²) in [5.74, 6) is -0.578. The Morgan fingerprint density at radius 1 is 1.71 bits per heavy atom. The standard InChI is InChI=1S/C11H16FN3OS/c1-7(6-17-3)15(2)11(16)8-4-5-14-10(13)9(8)12/h4-5,7H,6H2,1-3H3,(H2,13,14). The van der Waals surface area contributed by atoms with Gasteiger partial charge in [0.25, 0.3) is 5.91 Å². The van der Waals surface area contributed by atoms with E-state index in [1.807, 2.05) is 13.2 Å². The maximum Gasteiger partial charge on any atom is 0.257 e. The lowest BCUT2D eigenvalue weighted by atomic mass is 10.2. The maximum atomic E-state index is 13.6. The van der Waals surface area contributed by atoms with Crippen LogP contribution in [0.3, 0.4) is 0 Å². The molecule has 1 atom stereocenters. The van der Waals surface area contributed by atoms with Crippen LogP contribution in [0.2, 0.25) is 0 Å². The molecule has 0 spiro atoms. The molecule has 0 saturated carbocycles. The van der Waals surface area contributed by atoms with E-state index in [1.165, 1.54) is 17.2 Å². The van der Waals surface area contributed by atoms with E-state index in [4.69, 9.17) is 5.73 Å². The van der Waals surface area contributed by atoms with Gasteiger partial charge < -0.3 is 10.6 Å². The molecule has 0 bridgehead atoms. The zero-order valence-corrected chi connectivity index (χ0v) is 10.9. The van der Waals surface area contributed by atoms with Gasteiger partial charge in [-0.05, 0) is 19.2 Å². The molecule has 0 aliphatic carbocycles. The quantitative estimate of drug-likeness (QED) is 0.890. The number of aromatic nitrogens is 1. The minimum atomic E-state index is -0.749. The molecule has 6 heteroatoms. The number of hydrogen-bond donors (Lipinski definition) is 1. The molecule has 0 aromatic carbocycles. The molecule has 0 radical (unpaired) electrons. The zero-order valence-electron chi connectivity index (χ0n) is 10.1. The van der Waals surface area contributed by atoms with Crippen molar-refractivity contribution in [3.05, 3.63) is 23.6 Å². The minimum absolute atomic E-state index is 0.0336. The first-order valence-corrected chi connectivity index (χ1v) is 6.54. The number of carbonyl (C=O) groups excluding carboxylic acids is 1. The van der Waals surface area contributed by atoms with Gasteiger partial charge in [0.15, 0.2) is 11.6 Å². The van der Waals surface area contributed by atoms with Crippen molar-refractivity contribution in [3.8, 4) is 0 Å². The Bertz CT molecular complexity index is 414. The molecule has 1 unspecified atom stereocenters. The molecule has 0 aliphatic rings. The summed E-state index contributed by atoms with van der Waals surface area (Å²) in [6, 6.07) is 1.38. The highest BCUT2D eigenvalue weighted by atomic mass is 32.2. The molecule has 94 valence electrons. The van der Waals surface area contributed by atoms with Gasteiger partial charge in [0.2, 0.25) is 0 Å². The van der Waals surface area contributed by atoms with E-state index in [0.717, 1.165) is 5.75 Å². The molecule has 1 heterocycles. The van der Waals surface area contributed by atoms with Gasteiger partial charge in [-0.15, -0.1) is 0 Å². The van der Waals surface area contributed by atoms with Gasteiger partial charge >= 0.3 is 0 Å². The fourth-order valence-electron chi connectivity index (χ4n) is 1.37. The highest BCUT2D eigenvalue weighted by molar-refractivity contribution is 7.98. The SMILES string of the molecule is CSCC(C)N(C)C(=O)c1ccnc(N)c1F. The smallest absolute Gasteiger partial charge is 0.257 e. The molecule has 0 fully saturated rings. The van der Waals surface area contributed by atoms with E-state index >= 15 is 0 Å². The number of amides is 1. The summed E-state index contributed by atoms with van der Waals surface area (Å²) in [6.07, 6.45) is 3.29. The second-order valence-corrected chi connectivity index (χ2v) is 4.69. The van der Waals surface area contributed by atoms with Crippen LogP contribution >= 0.6 is 11.8 Å². The van der Waals surface area contributed by atoms with E-state index in [-0.39, 0.29) is 23.3 Å². The minimum Gasteiger partial charge on any atom is -0.381 e. The lowest BCUT2D eigenvalue weighted by Crippen LogP contribution is -2.37. The van der Waals surface area contributed by atoms with Crippen LogP contribution in [0.15, 0.2) is 12.3 Å². The van der Waals surface area contributed by atoms with Gasteiger partial charge in [0.05, 0.1) is 5.56 Å². The Morgan fingerprint density at radius 2 is 2.35 bits per heavy atom. The molecule has 2 N–H and O–H groups in total. The first-order chi connectivity index (χ1) is 7.99. The molecule has 0 aliphatic heterocycles. The number of carbonyl (C=O) groups is 1. The third-order valence-corrected chi connectivity index (χ3v) is 3.35. The first kappa shape index (κ1) is 13.8. The van der Waals surface area contributed by atoms with Gasteiger partial charge in [0, 0.05) is 25.0 Å². The van der Waals surface area contributed by atoms with Crippen molar-refractivity contribution < 1.29 is 9.18 Å². The fraction of sp³-hybridized carbons (Fsp3) is 0.455. The number of thioether (sulfide) groups is 1. The summed E-state index contributed by atoms with van der Waals surface area (Å²) in [7, 11) is 1.65. The van der Waals surface area contributed by atoms with Crippen LogP contribution < -0.4 is 5.73 Å². The Morgan fingerprint density at radius 3 is 2.94 bits per heavy atom. The van der Waals surface area contributed by atoms with Gasteiger partial charge in [-0.3, -0.25) is 4.79 Å². The highest BCUT2D eigenvalue weighted by Gasteiger charge is 2.21. The van der Waals surface area contributed by atoms with Crippen LogP contribution in [0, 0.1) is 5.82 Å². The van der Waals surface area contributed by atoms with Gasteiger partial charge in [-0.2, -0.15) is 11.8 Å². The normalized spacial score (nSPS) is 12.2. The second kappa shape index (κ2) is 5.86. The van der Waals surface area contributed by atoms with Crippen LogP contribution in [0.25, 0.3) is 0 Å². The number of anilines is 1. The molecule has 1 aromatic rings. The number of rotatable bonds is 4. The molecule has 1 aromatic heterocycles. The molecule has 1 rings (SSSR count). The van der Waals surface area contributed by atoms with Crippen LogP contribution in [0.5, 0.6) is 0 Å². The average Bonchev–Trinajstić information content (AvgIpc) is 2.31. The zero-order chi connectivity index (χ0) is 13.0. The van der Waals surface area contributed by atoms with E-state index < -0.39 is 5.82 Å². The molecule has 0 saturated heterocycles. The molecule has 1 amide bonds. The van der Waals surface area contributed by atoms with E-state index in [9.17, 15) is 9.18 Å². The van der Waals surface area contributed by atoms with Crippen molar-refractivity contribution in [2.45, 2.75) is 13.0 Å². The fourth-order valence-corrected chi connectivity index (χ4v) is 2.07. The molecule has 17 heavy (non-hydrogen) atoms. The maximum absolute atomic E-state index is 13.6. The summed E-state index contributed by atoms with van der Waals surface area (Å²) < 4.78 is 13.6. The van der Waals surface area contributed by atoms with E-state index in [2.05, 4.69) is 4.98 Å². The van der Waals surface area contributed by atoms with E-state index in [1.54, 1.807) is 18.8 Å². The van der Waals surface area contributed by atoms with Crippen molar-refractivity contribution >= 4 is 23.5 Å². The van der Waals surface area contributed by atoms with E-state index in [0.29, 0.717) is 0 Å². The van der Waals surface area contributed by atoms with Crippen molar-refractivity contribution in [1.29, 1.82) is 0 Å². The number of nitrogens with zero attached hydrogens (tertiary/aromatic N) is 2. The molecule has 4 nitrogen and oxygen atoms in total. The van der Waals surface area contributed by atoms with Crippen molar-refractivity contribution in [2.75, 3.05) is 24.8 Å². The monoisotopic (exact) mass is 257 g/mol. The van der Waals surface area contributed by atoms with Gasteiger partial charge in [0.1, 0.15) is 0 Å². The van der Waals surface area contributed by atoms with Crippen molar-refractivity contribution in [3.63, 3.8) is 0 Å². The van der Waals surface area contributed by atoms with Crippen molar-refractivity contribution in [2.24, 2.45) is 0 Å². The topological polar surface area (TPSA) is 59.2 Å². The summed E-state index contributed by atoms with van der Waals surface area (Å²) in [6.45, 7) is 1.91. The predicted octanol–water partition coefficient (Wildman–Crippen LogP) is 1.63. The van der Waals surface area contributed by atoms with Crippen LogP contribution in [-0.4, -0.2) is 40.9 Å². The Kier molecular flexibility index (Phi) is 4.74. The number of pyridine rings is 1. The number of nitrogen functional groups attached to an aromatic ring is 1. The Balaban J connectivity index is 2.93. The summed E-state index contributed by atoms with van der Waals surface area (Å²) >= 11 is 1.63.